The molecule has 4 heteroatoms. The van der Waals surface area contributed by atoms with Crippen molar-refractivity contribution in [2.45, 2.75) is 0 Å². The molecule has 3 heterocycles. The largest absolute Gasteiger partial charge is 0.455 e. The highest BCUT2D eigenvalue weighted by Gasteiger charge is 2.23. The molecule has 0 radical (unpaired) electrons. The van der Waals surface area contributed by atoms with Gasteiger partial charge in [-0.1, -0.05) is 152 Å². The van der Waals surface area contributed by atoms with Crippen molar-refractivity contribution in [2.24, 2.45) is 0 Å². The van der Waals surface area contributed by atoms with Crippen LogP contribution < -0.4 is 4.90 Å². The molecule has 0 N–H and O–H groups in total. The summed E-state index contributed by atoms with van der Waals surface area (Å²) in [6.07, 6.45) is 0. The number of anilines is 3. The highest BCUT2D eigenvalue weighted by Crippen LogP contribution is 2.47. The molecule has 318 valence electrons. The molecule has 0 bridgehead atoms. The normalized spacial score (nSPS) is 11.8. The fourth-order valence-corrected chi connectivity index (χ4v) is 11.6. The van der Waals surface area contributed by atoms with Gasteiger partial charge >= 0.3 is 0 Å². The van der Waals surface area contributed by atoms with Crippen LogP contribution in [-0.2, 0) is 0 Å². The molecule has 0 aliphatic heterocycles. The first kappa shape index (κ1) is 38.6. The number of nitrogens with zero attached hydrogens (tertiary/aromatic N) is 2. The maximum Gasteiger partial charge on any atom is 0.145 e. The van der Waals surface area contributed by atoms with Crippen molar-refractivity contribution in [2.75, 3.05) is 4.90 Å². The zero-order valence-electron chi connectivity index (χ0n) is 36.8. The number of furan rings is 1. The SMILES string of the molecule is c1cc(-c2ccc3ccccc3c2)cc(N(c2ccc(-c3ccc4sc5ccccc5c4c3)cc2)c2ccc(-c3ccc(-n4c5ccccc5c5ccccc54)cc3)c3oc4ccccc4c23)c1. The van der Waals surface area contributed by atoms with Crippen molar-refractivity contribution in [1.82, 2.24) is 4.57 Å². The van der Waals surface area contributed by atoms with Gasteiger partial charge in [0.15, 0.2) is 0 Å². The molecule has 0 spiro atoms. The van der Waals surface area contributed by atoms with Crippen LogP contribution in [0.1, 0.15) is 0 Å². The van der Waals surface area contributed by atoms with Gasteiger partial charge in [0.1, 0.15) is 11.2 Å². The van der Waals surface area contributed by atoms with Gasteiger partial charge in [-0.25, -0.2) is 0 Å². The Morgan fingerprint density at radius 1 is 0.368 bits per heavy atom. The molecule has 68 heavy (non-hydrogen) atoms. The van der Waals surface area contributed by atoms with Crippen LogP contribution in [0.3, 0.4) is 0 Å². The third-order valence-electron chi connectivity index (χ3n) is 13.8. The van der Waals surface area contributed by atoms with Crippen LogP contribution in [0.25, 0.3) is 114 Å². The van der Waals surface area contributed by atoms with E-state index in [1.165, 1.54) is 69.4 Å². The number of hydrogen-bond acceptors (Lipinski definition) is 3. The quantitative estimate of drug-likeness (QED) is 0.159. The van der Waals surface area contributed by atoms with E-state index in [-0.39, 0.29) is 0 Å². The Morgan fingerprint density at radius 3 is 1.79 bits per heavy atom. The molecule has 0 saturated carbocycles. The Bertz CT molecular complexity index is 4210. The molecule has 3 nitrogen and oxygen atoms in total. The standard InChI is InChI=1S/C64H40N2OS/c1-2-13-44-38-46(25-24-41(44)12-1)45-14-11-15-50(39-45)65(48-31-26-42(27-32-48)47-30-37-62-56(40-47)54-18-6-10-23-61(54)68-62)59-36-35-51(64-63(59)55-19-5-9-22-60(55)67-64)43-28-33-49(34-29-43)66-57-20-7-3-16-52(57)53-17-4-8-21-58(53)66/h1-40H. The van der Waals surface area contributed by atoms with E-state index in [2.05, 4.69) is 252 Å². The summed E-state index contributed by atoms with van der Waals surface area (Å²) < 4.78 is 11.9. The van der Waals surface area contributed by atoms with Crippen molar-refractivity contribution in [1.29, 1.82) is 0 Å². The van der Waals surface area contributed by atoms with Crippen molar-refractivity contribution in [3.05, 3.63) is 243 Å². The predicted molar refractivity (Wildman–Crippen MR) is 289 cm³/mol. The summed E-state index contributed by atoms with van der Waals surface area (Å²) in [6.45, 7) is 0. The highest BCUT2D eigenvalue weighted by molar-refractivity contribution is 7.25. The number of rotatable bonds is 7. The van der Waals surface area contributed by atoms with Crippen molar-refractivity contribution >= 4 is 103 Å². The Morgan fingerprint density at radius 2 is 0.985 bits per heavy atom. The van der Waals surface area contributed by atoms with Crippen LogP contribution in [0.2, 0.25) is 0 Å². The minimum Gasteiger partial charge on any atom is -0.455 e. The van der Waals surface area contributed by atoms with E-state index >= 15 is 0 Å². The smallest absolute Gasteiger partial charge is 0.145 e. The number of para-hydroxylation sites is 3. The van der Waals surface area contributed by atoms with Crippen LogP contribution >= 0.6 is 11.3 Å². The third-order valence-corrected chi connectivity index (χ3v) is 14.9. The first-order valence-corrected chi connectivity index (χ1v) is 24.0. The van der Waals surface area contributed by atoms with Crippen LogP contribution in [0.15, 0.2) is 247 Å². The molecule has 0 aliphatic rings. The first-order valence-electron chi connectivity index (χ1n) is 23.1. The van der Waals surface area contributed by atoms with Crippen molar-refractivity contribution in [3.8, 4) is 39.1 Å². The van der Waals surface area contributed by atoms with Gasteiger partial charge in [0.25, 0.3) is 0 Å². The Kier molecular flexibility index (Phi) is 8.76. The Labute approximate surface area is 396 Å². The second kappa shape index (κ2) is 15.5. The monoisotopic (exact) mass is 884 g/mol. The maximum absolute atomic E-state index is 6.96. The van der Waals surface area contributed by atoms with Crippen LogP contribution in [0.4, 0.5) is 17.1 Å². The molecule has 11 aromatic carbocycles. The summed E-state index contributed by atoms with van der Waals surface area (Å²) >= 11 is 1.85. The molecule has 0 amide bonds. The molecule has 14 aromatic rings. The summed E-state index contributed by atoms with van der Waals surface area (Å²) in [5.41, 5.74) is 15.2. The second-order valence-corrected chi connectivity index (χ2v) is 18.7. The van der Waals surface area contributed by atoms with E-state index in [4.69, 9.17) is 4.42 Å². The van der Waals surface area contributed by atoms with Gasteiger partial charge in [0, 0.05) is 59.0 Å². The number of aromatic nitrogens is 1. The van der Waals surface area contributed by atoms with Gasteiger partial charge in [-0.2, -0.15) is 0 Å². The molecule has 0 saturated heterocycles. The molecule has 0 aliphatic carbocycles. The van der Waals surface area contributed by atoms with E-state index in [1.807, 2.05) is 11.3 Å². The second-order valence-electron chi connectivity index (χ2n) is 17.7. The maximum atomic E-state index is 6.96. The number of fused-ring (bicyclic) bond motifs is 10. The summed E-state index contributed by atoms with van der Waals surface area (Å²) in [4.78, 5) is 2.41. The van der Waals surface area contributed by atoms with Gasteiger partial charge < -0.3 is 13.9 Å². The average molecular weight is 885 g/mol. The fourth-order valence-electron chi connectivity index (χ4n) is 10.5. The zero-order chi connectivity index (χ0) is 44.7. The average Bonchev–Trinajstić information content (AvgIpc) is 4.09. The molecule has 14 rings (SSSR count). The first-order chi connectivity index (χ1) is 33.7. The fraction of sp³-hybridized carbons (Fsp3) is 0. The van der Waals surface area contributed by atoms with Gasteiger partial charge in [0.05, 0.1) is 22.1 Å². The molecule has 0 unspecified atom stereocenters. The van der Waals surface area contributed by atoms with E-state index in [1.54, 1.807) is 0 Å². The number of thiophene rings is 1. The third kappa shape index (κ3) is 6.19. The molecule has 0 fully saturated rings. The molecule has 3 aromatic heterocycles. The van der Waals surface area contributed by atoms with Gasteiger partial charge in [-0.05, 0) is 130 Å². The van der Waals surface area contributed by atoms with Crippen LogP contribution in [0, 0.1) is 0 Å². The molecular formula is C64H40N2OS. The summed E-state index contributed by atoms with van der Waals surface area (Å²) in [5, 5.41) is 9.71. The van der Waals surface area contributed by atoms with E-state index < -0.39 is 0 Å². The summed E-state index contributed by atoms with van der Waals surface area (Å²) in [5.74, 6) is 0. The van der Waals surface area contributed by atoms with E-state index in [0.29, 0.717) is 0 Å². The van der Waals surface area contributed by atoms with Gasteiger partial charge in [-0.3, -0.25) is 0 Å². The van der Waals surface area contributed by atoms with Crippen molar-refractivity contribution in [3.63, 3.8) is 0 Å². The Balaban J connectivity index is 0.929. The summed E-state index contributed by atoms with van der Waals surface area (Å²) in [6, 6.07) is 88.2. The number of hydrogen-bond donors (Lipinski definition) is 0. The van der Waals surface area contributed by atoms with E-state index in [0.717, 1.165) is 61.4 Å². The lowest BCUT2D eigenvalue weighted by Gasteiger charge is -2.27. The van der Waals surface area contributed by atoms with E-state index in [9.17, 15) is 0 Å². The Hall–Kier alpha value is -8.70. The zero-order valence-corrected chi connectivity index (χ0v) is 37.6. The predicted octanol–water partition coefficient (Wildman–Crippen LogP) is 18.7. The molecular weight excluding hydrogens is 845 g/mol. The summed E-state index contributed by atoms with van der Waals surface area (Å²) in [7, 11) is 0. The lowest BCUT2D eigenvalue weighted by Crippen LogP contribution is -2.10. The number of benzene rings is 11. The van der Waals surface area contributed by atoms with Gasteiger partial charge in [-0.15, -0.1) is 11.3 Å². The topological polar surface area (TPSA) is 21.3 Å². The van der Waals surface area contributed by atoms with Crippen LogP contribution in [0.5, 0.6) is 0 Å². The minimum absolute atomic E-state index is 0.856. The lowest BCUT2D eigenvalue weighted by atomic mass is 9.98. The van der Waals surface area contributed by atoms with Gasteiger partial charge in [0.2, 0.25) is 0 Å². The van der Waals surface area contributed by atoms with Crippen molar-refractivity contribution < 1.29 is 4.42 Å². The highest BCUT2D eigenvalue weighted by atomic mass is 32.1. The minimum atomic E-state index is 0.856. The van der Waals surface area contributed by atoms with Crippen LogP contribution in [-0.4, -0.2) is 4.57 Å². The lowest BCUT2D eigenvalue weighted by molar-refractivity contribution is 0.670. The molecule has 0 atom stereocenters.